The Morgan fingerprint density at radius 2 is 1.48 bits per heavy atom. The van der Waals surface area contributed by atoms with Gasteiger partial charge in [-0.15, -0.1) is 0 Å². The Morgan fingerprint density at radius 1 is 0.935 bits per heavy atom. The highest BCUT2D eigenvalue weighted by molar-refractivity contribution is 5.89. The van der Waals surface area contributed by atoms with E-state index < -0.39 is 12.1 Å². The minimum atomic E-state index is -1.01. The molecule has 5 nitrogen and oxygen atoms in total. The summed E-state index contributed by atoms with van der Waals surface area (Å²) in [5.74, 6) is -1.01. The van der Waals surface area contributed by atoms with Crippen molar-refractivity contribution in [3.05, 3.63) is 47.3 Å². The molecular formula is C26H42N2O3. The summed E-state index contributed by atoms with van der Waals surface area (Å²) in [7, 11) is 1.95. The van der Waals surface area contributed by atoms with E-state index in [-0.39, 0.29) is 5.56 Å². The summed E-state index contributed by atoms with van der Waals surface area (Å²) in [6, 6.07) is 6.69. The molecule has 1 atom stereocenters. The number of benzene rings is 1. The van der Waals surface area contributed by atoms with Crippen molar-refractivity contribution in [1.82, 2.24) is 9.80 Å². The molecule has 1 aliphatic rings. The molecule has 1 aliphatic heterocycles. The van der Waals surface area contributed by atoms with Crippen LogP contribution < -0.4 is 0 Å². The minimum Gasteiger partial charge on any atom is -0.478 e. The van der Waals surface area contributed by atoms with Crippen molar-refractivity contribution in [1.29, 1.82) is 0 Å². The number of hydrogen-bond donors (Lipinski definition) is 2. The van der Waals surface area contributed by atoms with E-state index in [1.54, 1.807) is 24.3 Å². The molecule has 1 unspecified atom stereocenters. The Balaban J connectivity index is 1.64. The van der Waals surface area contributed by atoms with Crippen LogP contribution in [0.5, 0.6) is 0 Å². The second-order valence-corrected chi connectivity index (χ2v) is 8.89. The third-order valence-electron chi connectivity index (χ3n) is 6.21. The minimum absolute atomic E-state index is 0.156. The van der Waals surface area contributed by atoms with E-state index in [1.165, 1.54) is 70.6 Å². The van der Waals surface area contributed by atoms with E-state index >= 15 is 0 Å². The van der Waals surface area contributed by atoms with E-state index in [2.05, 4.69) is 11.8 Å². The number of carboxylic acids is 1. The van der Waals surface area contributed by atoms with Crippen LogP contribution in [0.15, 0.2) is 36.2 Å². The first kappa shape index (κ1) is 25.3. The number of carboxylic acid groups (broad SMARTS) is 1. The van der Waals surface area contributed by atoms with Gasteiger partial charge >= 0.3 is 5.97 Å². The van der Waals surface area contributed by atoms with E-state index in [1.807, 2.05) is 18.1 Å². The SMILES string of the molecule is CCCCCCCCCCCCCCN1C=C(C(O)c2ccccc2C(=O)O)N(C)C1. The molecule has 2 N–H and O–H groups in total. The lowest BCUT2D eigenvalue weighted by molar-refractivity contribution is 0.0690. The summed E-state index contributed by atoms with van der Waals surface area (Å²) in [6.45, 7) is 3.97. The van der Waals surface area contributed by atoms with Crippen LogP contribution in [-0.2, 0) is 0 Å². The van der Waals surface area contributed by atoms with Crippen LogP contribution in [0.4, 0.5) is 0 Å². The maximum atomic E-state index is 11.5. The lowest BCUT2D eigenvalue weighted by atomic mass is 10.0. The third-order valence-corrected chi connectivity index (χ3v) is 6.21. The lowest BCUT2D eigenvalue weighted by Gasteiger charge is -2.22. The molecule has 0 radical (unpaired) electrons. The zero-order valence-electron chi connectivity index (χ0n) is 19.6. The zero-order chi connectivity index (χ0) is 22.5. The summed E-state index contributed by atoms with van der Waals surface area (Å²) >= 11 is 0. The molecule has 1 aromatic carbocycles. The molecule has 0 aromatic heterocycles. The second-order valence-electron chi connectivity index (χ2n) is 8.89. The van der Waals surface area contributed by atoms with E-state index in [0.29, 0.717) is 5.56 Å². The first-order valence-corrected chi connectivity index (χ1v) is 12.2. The van der Waals surface area contributed by atoms with Gasteiger partial charge in [-0.3, -0.25) is 0 Å². The van der Waals surface area contributed by atoms with Crippen LogP contribution in [0.25, 0.3) is 0 Å². The van der Waals surface area contributed by atoms with E-state index in [9.17, 15) is 15.0 Å². The van der Waals surface area contributed by atoms with Crippen LogP contribution in [0, 0.1) is 0 Å². The highest BCUT2D eigenvalue weighted by atomic mass is 16.4. The summed E-state index contributed by atoms with van der Waals surface area (Å²) in [4.78, 5) is 15.7. The number of aliphatic hydroxyl groups is 1. The molecule has 31 heavy (non-hydrogen) atoms. The number of unbranched alkanes of at least 4 members (excludes halogenated alkanes) is 11. The largest absolute Gasteiger partial charge is 0.478 e. The molecule has 174 valence electrons. The van der Waals surface area contributed by atoms with Gasteiger partial charge in [0.2, 0.25) is 0 Å². The zero-order valence-corrected chi connectivity index (χ0v) is 19.6. The van der Waals surface area contributed by atoms with Crippen molar-refractivity contribution in [3.63, 3.8) is 0 Å². The van der Waals surface area contributed by atoms with Crippen molar-refractivity contribution in [2.24, 2.45) is 0 Å². The van der Waals surface area contributed by atoms with Crippen molar-refractivity contribution >= 4 is 5.97 Å². The molecule has 1 heterocycles. The lowest BCUT2D eigenvalue weighted by Crippen LogP contribution is -2.26. The molecule has 1 aromatic rings. The van der Waals surface area contributed by atoms with Crippen LogP contribution in [-0.4, -0.2) is 46.2 Å². The van der Waals surface area contributed by atoms with Gasteiger partial charge in [-0.1, -0.05) is 95.8 Å². The van der Waals surface area contributed by atoms with Crippen LogP contribution >= 0.6 is 0 Å². The summed E-state index contributed by atoms with van der Waals surface area (Å²) < 4.78 is 0. The van der Waals surface area contributed by atoms with Crippen LogP contribution in [0.2, 0.25) is 0 Å². The van der Waals surface area contributed by atoms with Crippen molar-refractivity contribution in [3.8, 4) is 0 Å². The van der Waals surface area contributed by atoms with Gasteiger partial charge in [0.05, 0.1) is 17.9 Å². The molecule has 0 saturated carbocycles. The molecular weight excluding hydrogens is 388 g/mol. The number of aromatic carboxylic acids is 1. The number of hydrogen-bond acceptors (Lipinski definition) is 4. The van der Waals surface area contributed by atoms with Gasteiger partial charge in [0.25, 0.3) is 0 Å². The van der Waals surface area contributed by atoms with Gasteiger partial charge in [-0.05, 0) is 12.5 Å². The quantitative estimate of drug-likeness (QED) is 0.307. The molecule has 0 bridgehead atoms. The van der Waals surface area contributed by atoms with Crippen molar-refractivity contribution < 1.29 is 15.0 Å². The number of aliphatic hydroxyl groups excluding tert-OH is 1. The average molecular weight is 431 g/mol. The van der Waals surface area contributed by atoms with Gasteiger partial charge in [0, 0.05) is 25.4 Å². The van der Waals surface area contributed by atoms with E-state index in [0.717, 1.165) is 25.3 Å². The van der Waals surface area contributed by atoms with Crippen molar-refractivity contribution in [2.45, 2.75) is 90.1 Å². The van der Waals surface area contributed by atoms with Crippen molar-refractivity contribution in [2.75, 3.05) is 20.3 Å². The topological polar surface area (TPSA) is 64.0 Å². The Kier molecular flexibility index (Phi) is 11.5. The highest BCUT2D eigenvalue weighted by Gasteiger charge is 2.27. The third kappa shape index (κ3) is 8.56. The molecule has 5 heteroatoms. The first-order chi connectivity index (χ1) is 15.0. The Hall–Kier alpha value is -2.01. The molecule has 0 spiro atoms. The van der Waals surface area contributed by atoms with Gasteiger partial charge in [0.15, 0.2) is 0 Å². The fourth-order valence-electron chi connectivity index (χ4n) is 4.34. The fourth-order valence-corrected chi connectivity index (χ4v) is 4.34. The highest BCUT2D eigenvalue weighted by Crippen LogP contribution is 2.30. The standard InChI is InChI=1S/C26H42N2O3/c1-3-4-5-6-7-8-9-10-11-12-13-16-19-28-20-24(27(2)21-28)25(29)22-17-14-15-18-23(22)26(30)31/h14-15,17-18,20,25,29H,3-13,16,19,21H2,1-2H3,(H,30,31). The monoisotopic (exact) mass is 430 g/mol. The van der Waals surface area contributed by atoms with Crippen LogP contribution in [0.1, 0.15) is 106 Å². The molecule has 0 fully saturated rings. The fraction of sp³-hybridized carbons (Fsp3) is 0.654. The van der Waals surface area contributed by atoms with Gasteiger partial charge in [0.1, 0.15) is 6.10 Å². The van der Waals surface area contributed by atoms with Gasteiger partial charge in [-0.25, -0.2) is 4.79 Å². The number of nitrogens with zero attached hydrogens (tertiary/aromatic N) is 2. The summed E-state index contributed by atoms with van der Waals surface area (Å²) in [5.41, 5.74) is 1.36. The van der Waals surface area contributed by atoms with Gasteiger partial charge in [-0.2, -0.15) is 0 Å². The maximum absolute atomic E-state index is 11.5. The maximum Gasteiger partial charge on any atom is 0.336 e. The Bertz CT molecular complexity index is 689. The van der Waals surface area contributed by atoms with Gasteiger partial charge < -0.3 is 20.0 Å². The Labute approximate surface area is 188 Å². The van der Waals surface area contributed by atoms with Crippen LogP contribution in [0.3, 0.4) is 0 Å². The number of carbonyl (C=O) groups is 1. The second kappa shape index (κ2) is 14.1. The summed E-state index contributed by atoms with van der Waals surface area (Å²) in [6.07, 6.45) is 17.1. The smallest absolute Gasteiger partial charge is 0.336 e. The molecule has 0 saturated heterocycles. The number of likely N-dealkylation sites (N-methyl/N-ethyl adjacent to an activating group) is 1. The first-order valence-electron chi connectivity index (χ1n) is 12.2. The molecule has 0 amide bonds. The average Bonchev–Trinajstić information content (AvgIpc) is 3.14. The normalized spacial score (nSPS) is 14.7. The number of rotatable bonds is 16. The van der Waals surface area contributed by atoms with E-state index in [4.69, 9.17) is 0 Å². The predicted octanol–water partition coefficient (Wildman–Crippen LogP) is 6.17. The Morgan fingerprint density at radius 3 is 2.06 bits per heavy atom. The molecule has 0 aliphatic carbocycles. The summed E-state index contributed by atoms with van der Waals surface area (Å²) in [5, 5.41) is 20.2. The molecule has 2 rings (SSSR count). The predicted molar refractivity (Wildman–Crippen MR) is 127 cm³/mol.